The number of aromatic nitrogens is 1. The fourth-order valence-electron chi connectivity index (χ4n) is 4.28. The van der Waals surface area contributed by atoms with Crippen LogP contribution < -0.4 is 10.9 Å². The van der Waals surface area contributed by atoms with Crippen LogP contribution in [0.5, 0.6) is 0 Å². The Morgan fingerprint density at radius 1 is 1.27 bits per heavy atom. The standard InChI is InChI=1S/C21H24N2O3/c1-13-6-5-9-17(24)23(13)12-21(2,26)20(25)22-19-16-11-10-14-7-3-4-8-15(14)18(16)19/h3-9,16,18-19,26H,10-12H2,1-2H3,(H,22,25). The summed E-state index contributed by atoms with van der Waals surface area (Å²) in [6.07, 6.45) is 2.10. The van der Waals surface area contributed by atoms with Crippen LogP contribution in [-0.4, -0.2) is 27.2 Å². The highest BCUT2D eigenvalue weighted by Gasteiger charge is 2.54. The molecule has 0 aliphatic heterocycles. The molecule has 0 radical (unpaired) electrons. The first-order valence-electron chi connectivity index (χ1n) is 9.16. The van der Waals surface area contributed by atoms with Crippen molar-refractivity contribution in [3.63, 3.8) is 0 Å². The lowest BCUT2D eigenvalue weighted by atomic mass is 9.92. The third-order valence-corrected chi connectivity index (χ3v) is 5.85. The van der Waals surface area contributed by atoms with E-state index in [0.29, 0.717) is 11.8 Å². The Labute approximate surface area is 152 Å². The zero-order valence-electron chi connectivity index (χ0n) is 15.1. The van der Waals surface area contributed by atoms with Crippen molar-refractivity contribution in [2.45, 2.75) is 50.8 Å². The van der Waals surface area contributed by atoms with Crippen molar-refractivity contribution < 1.29 is 9.90 Å². The number of carbonyl (C=O) groups excluding carboxylic acids is 1. The van der Waals surface area contributed by atoms with Crippen molar-refractivity contribution in [1.29, 1.82) is 0 Å². The number of hydrogen-bond acceptors (Lipinski definition) is 3. The van der Waals surface area contributed by atoms with Crippen LogP contribution in [0.1, 0.15) is 36.1 Å². The van der Waals surface area contributed by atoms with E-state index in [0.717, 1.165) is 18.5 Å². The lowest BCUT2D eigenvalue weighted by molar-refractivity contribution is -0.139. The van der Waals surface area contributed by atoms with Crippen molar-refractivity contribution in [2.24, 2.45) is 5.92 Å². The molecule has 1 aromatic heterocycles. The summed E-state index contributed by atoms with van der Waals surface area (Å²) in [6, 6.07) is 13.4. The van der Waals surface area contributed by atoms with E-state index >= 15 is 0 Å². The fourth-order valence-corrected chi connectivity index (χ4v) is 4.28. The van der Waals surface area contributed by atoms with Gasteiger partial charge in [0.25, 0.3) is 11.5 Å². The van der Waals surface area contributed by atoms with E-state index < -0.39 is 11.5 Å². The predicted molar refractivity (Wildman–Crippen MR) is 99.0 cm³/mol. The zero-order valence-corrected chi connectivity index (χ0v) is 15.1. The molecule has 4 unspecified atom stereocenters. The monoisotopic (exact) mass is 352 g/mol. The van der Waals surface area contributed by atoms with Gasteiger partial charge in [0.05, 0.1) is 6.54 Å². The van der Waals surface area contributed by atoms with Gasteiger partial charge in [-0.05, 0) is 49.8 Å². The summed E-state index contributed by atoms with van der Waals surface area (Å²) in [7, 11) is 0. The molecular weight excluding hydrogens is 328 g/mol. The molecule has 0 saturated heterocycles. The summed E-state index contributed by atoms with van der Waals surface area (Å²) in [5.74, 6) is 0.385. The molecule has 2 N–H and O–H groups in total. The number of rotatable bonds is 4. The second-order valence-corrected chi connectivity index (χ2v) is 7.79. The largest absolute Gasteiger partial charge is 0.378 e. The van der Waals surface area contributed by atoms with Gasteiger partial charge in [0.1, 0.15) is 0 Å². The number of hydrogen-bond donors (Lipinski definition) is 2. The number of nitrogens with one attached hydrogen (secondary N) is 1. The van der Waals surface area contributed by atoms with Gasteiger partial charge in [-0.15, -0.1) is 0 Å². The van der Waals surface area contributed by atoms with Gasteiger partial charge in [0.15, 0.2) is 5.60 Å². The lowest BCUT2D eigenvalue weighted by Crippen LogP contribution is -2.50. The Bertz CT molecular complexity index is 915. The third-order valence-electron chi connectivity index (χ3n) is 5.85. The van der Waals surface area contributed by atoms with Gasteiger partial charge in [-0.1, -0.05) is 30.3 Å². The molecule has 0 spiro atoms. The van der Waals surface area contributed by atoms with Crippen LogP contribution in [0.15, 0.2) is 47.3 Å². The SMILES string of the molecule is Cc1cccc(=O)n1CC(C)(O)C(=O)NC1C2CCc3ccccc3C21. The second kappa shape index (κ2) is 6.09. The maximum absolute atomic E-state index is 12.7. The molecule has 1 heterocycles. The topological polar surface area (TPSA) is 71.3 Å². The molecular formula is C21H24N2O3. The van der Waals surface area contributed by atoms with E-state index in [1.165, 1.54) is 28.7 Å². The van der Waals surface area contributed by atoms with Gasteiger partial charge in [-0.25, -0.2) is 0 Å². The highest BCUT2D eigenvalue weighted by molar-refractivity contribution is 5.85. The van der Waals surface area contributed by atoms with Crippen molar-refractivity contribution >= 4 is 5.91 Å². The van der Waals surface area contributed by atoms with Crippen molar-refractivity contribution in [2.75, 3.05) is 0 Å². The molecule has 5 nitrogen and oxygen atoms in total. The Morgan fingerprint density at radius 3 is 2.81 bits per heavy atom. The number of amides is 1. The van der Waals surface area contributed by atoms with E-state index in [2.05, 4.69) is 23.5 Å². The maximum atomic E-state index is 12.7. The number of benzene rings is 1. The van der Waals surface area contributed by atoms with E-state index in [9.17, 15) is 14.7 Å². The summed E-state index contributed by atoms with van der Waals surface area (Å²) in [6.45, 7) is 3.21. The van der Waals surface area contributed by atoms with Crippen molar-refractivity contribution in [3.8, 4) is 0 Å². The molecule has 2 aliphatic carbocycles. The lowest BCUT2D eigenvalue weighted by Gasteiger charge is -2.24. The predicted octanol–water partition coefficient (Wildman–Crippen LogP) is 1.75. The molecule has 1 saturated carbocycles. The average Bonchev–Trinajstić information content (AvgIpc) is 3.32. The molecule has 5 heteroatoms. The molecule has 0 bridgehead atoms. The molecule has 26 heavy (non-hydrogen) atoms. The minimum Gasteiger partial charge on any atom is -0.378 e. The van der Waals surface area contributed by atoms with Gasteiger partial charge >= 0.3 is 0 Å². The molecule has 1 amide bonds. The van der Waals surface area contributed by atoms with Crippen LogP contribution in [0.25, 0.3) is 0 Å². The van der Waals surface area contributed by atoms with Crippen LogP contribution in [-0.2, 0) is 17.8 Å². The minimum absolute atomic E-state index is 0.0526. The van der Waals surface area contributed by atoms with E-state index in [4.69, 9.17) is 0 Å². The summed E-state index contributed by atoms with van der Waals surface area (Å²) >= 11 is 0. The van der Waals surface area contributed by atoms with E-state index in [-0.39, 0.29) is 18.1 Å². The summed E-state index contributed by atoms with van der Waals surface area (Å²) in [5, 5.41) is 13.8. The van der Waals surface area contributed by atoms with E-state index in [1.807, 2.05) is 6.07 Å². The first kappa shape index (κ1) is 17.0. The fraction of sp³-hybridized carbons (Fsp3) is 0.429. The Morgan fingerprint density at radius 2 is 2.04 bits per heavy atom. The molecule has 2 aliphatic rings. The highest BCUT2D eigenvalue weighted by Crippen LogP contribution is 2.54. The number of fused-ring (bicyclic) bond motifs is 3. The number of nitrogens with zero attached hydrogens (tertiary/aromatic N) is 1. The third kappa shape index (κ3) is 2.86. The molecule has 2 aromatic rings. The van der Waals surface area contributed by atoms with Gasteiger partial charge in [-0.3, -0.25) is 9.59 Å². The van der Waals surface area contributed by atoms with Crippen LogP contribution >= 0.6 is 0 Å². The first-order valence-corrected chi connectivity index (χ1v) is 9.16. The van der Waals surface area contributed by atoms with Gasteiger partial charge < -0.3 is 15.0 Å². The number of carbonyl (C=O) groups is 1. The Hall–Kier alpha value is -2.40. The Kier molecular flexibility index (Phi) is 3.99. The second-order valence-electron chi connectivity index (χ2n) is 7.79. The van der Waals surface area contributed by atoms with Gasteiger partial charge in [0, 0.05) is 23.7 Å². The highest BCUT2D eigenvalue weighted by atomic mass is 16.3. The molecule has 4 rings (SSSR count). The summed E-state index contributed by atoms with van der Waals surface area (Å²) in [5.41, 5.74) is 1.56. The molecule has 1 fully saturated rings. The van der Waals surface area contributed by atoms with Crippen LogP contribution in [0.4, 0.5) is 0 Å². The zero-order chi connectivity index (χ0) is 18.5. The molecule has 4 atom stereocenters. The van der Waals surface area contributed by atoms with Crippen LogP contribution in [0.3, 0.4) is 0 Å². The van der Waals surface area contributed by atoms with Gasteiger partial charge in [-0.2, -0.15) is 0 Å². The normalized spacial score (nSPS) is 25.6. The number of aryl methyl sites for hydroxylation is 2. The minimum atomic E-state index is -1.64. The molecule has 1 aromatic carbocycles. The smallest absolute Gasteiger partial charge is 0.253 e. The van der Waals surface area contributed by atoms with Gasteiger partial charge in [0.2, 0.25) is 0 Å². The van der Waals surface area contributed by atoms with Crippen molar-refractivity contribution in [3.05, 3.63) is 69.6 Å². The summed E-state index contributed by atoms with van der Waals surface area (Å²) in [4.78, 5) is 24.8. The number of pyridine rings is 1. The maximum Gasteiger partial charge on any atom is 0.253 e. The quantitative estimate of drug-likeness (QED) is 0.881. The average molecular weight is 352 g/mol. The van der Waals surface area contributed by atoms with Crippen LogP contribution in [0.2, 0.25) is 0 Å². The van der Waals surface area contributed by atoms with E-state index in [1.54, 1.807) is 19.1 Å². The van der Waals surface area contributed by atoms with Crippen molar-refractivity contribution in [1.82, 2.24) is 9.88 Å². The number of aliphatic hydroxyl groups is 1. The first-order chi connectivity index (χ1) is 12.4. The molecule has 136 valence electrons. The Balaban J connectivity index is 1.48. The van der Waals surface area contributed by atoms with Crippen LogP contribution in [0, 0.1) is 12.8 Å². The summed E-state index contributed by atoms with van der Waals surface area (Å²) < 4.78 is 1.44.